The van der Waals surface area contributed by atoms with Gasteiger partial charge in [-0.05, 0) is 57.0 Å². The molecule has 0 unspecified atom stereocenters. The summed E-state index contributed by atoms with van der Waals surface area (Å²) >= 11 is 6.83. The predicted molar refractivity (Wildman–Crippen MR) is 73.1 cm³/mol. The third-order valence-electron chi connectivity index (χ3n) is 2.23. The number of carbonyl (C=O) groups is 1. The molecule has 0 amide bonds. The first-order valence-corrected chi connectivity index (χ1v) is 6.62. The SMILES string of the molecule is CCOC(=O)c1cnc2cc(Br)c(Br)cc2c1. The number of nitrogens with zero attached hydrogens (tertiary/aromatic N) is 1. The second-order valence-electron chi connectivity index (χ2n) is 3.40. The van der Waals surface area contributed by atoms with Gasteiger partial charge in [0.05, 0.1) is 17.7 Å². The fourth-order valence-electron chi connectivity index (χ4n) is 1.45. The molecule has 0 saturated carbocycles. The summed E-state index contributed by atoms with van der Waals surface area (Å²) in [6.45, 7) is 2.14. The average Bonchev–Trinajstić information content (AvgIpc) is 2.30. The van der Waals surface area contributed by atoms with E-state index in [1.165, 1.54) is 6.20 Å². The van der Waals surface area contributed by atoms with Crippen molar-refractivity contribution < 1.29 is 9.53 Å². The van der Waals surface area contributed by atoms with Crippen molar-refractivity contribution in [2.45, 2.75) is 6.92 Å². The molecule has 2 aromatic rings. The Labute approximate surface area is 115 Å². The van der Waals surface area contributed by atoms with Crippen LogP contribution < -0.4 is 0 Å². The molecule has 0 aliphatic carbocycles. The summed E-state index contributed by atoms with van der Waals surface area (Å²) in [4.78, 5) is 15.8. The molecule has 1 aromatic carbocycles. The number of aromatic nitrogens is 1. The van der Waals surface area contributed by atoms with Gasteiger partial charge in [0.1, 0.15) is 0 Å². The molecule has 0 N–H and O–H groups in total. The van der Waals surface area contributed by atoms with Crippen LogP contribution in [0.4, 0.5) is 0 Å². The molecule has 2 rings (SSSR count). The van der Waals surface area contributed by atoms with Crippen LogP contribution in [-0.2, 0) is 4.74 Å². The van der Waals surface area contributed by atoms with Crippen LogP contribution >= 0.6 is 31.9 Å². The molecule has 5 heteroatoms. The maximum absolute atomic E-state index is 11.6. The number of hydrogen-bond donors (Lipinski definition) is 0. The molecular weight excluding hydrogens is 350 g/mol. The van der Waals surface area contributed by atoms with Crippen LogP contribution in [-0.4, -0.2) is 17.6 Å². The molecule has 0 aliphatic rings. The highest BCUT2D eigenvalue weighted by molar-refractivity contribution is 9.13. The standard InChI is InChI=1S/C12H9Br2NO2/c1-2-17-12(16)8-3-7-4-9(13)10(14)5-11(7)15-6-8/h3-6H,2H2,1H3. The van der Waals surface area contributed by atoms with E-state index in [2.05, 4.69) is 36.8 Å². The van der Waals surface area contributed by atoms with E-state index in [0.29, 0.717) is 12.2 Å². The Hall–Kier alpha value is -0.940. The van der Waals surface area contributed by atoms with E-state index in [4.69, 9.17) is 4.74 Å². The summed E-state index contributed by atoms with van der Waals surface area (Å²) < 4.78 is 6.79. The summed E-state index contributed by atoms with van der Waals surface area (Å²) in [5, 5.41) is 0.894. The zero-order valence-electron chi connectivity index (χ0n) is 9.04. The smallest absolute Gasteiger partial charge is 0.339 e. The predicted octanol–water partition coefficient (Wildman–Crippen LogP) is 3.94. The third-order valence-corrected chi connectivity index (χ3v) is 4.08. The highest BCUT2D eigenvalue weighted by Gasteiger charge is 2.09. The molecule has 88 valence electrons. The third kappa shape index (κ3) is 2.66. The van der Waals surface area contributed by atoms with Crippen molar-refractivity contribution >= 4 is 48.7 Å². The van der Waals surface area contributed by atoms with E-state index in [1.54, 1.807) is 13.0 Å². The number of halogens is 2. The molecule has 0 spiro atoms. The molecule has 0 bridgehead atoms. The van der Waals surface area contributed by atoms with Crippen molar-refractivity contribution in [3.8, 4) is 0 Å². The van der Waals surface area contributed by atoms with Crippen molar-refractivity contribution in [1.82, 2.24) is 4.98 Å². The molecule has 0 fully saturated rings. The van der Waals surface area contributed by atoms with Gasteiger partial charge in [-0.1, -0.05) is 0 Å². The molecule has 1 aromatic heterocycles. The monoisotopic (exact) mass is 357 g/mol. The highest BCUT2D eigenvalue weighted by Crippen LogP contribution is 2.28. The van der Waals surface area contributed by atoms with Crippen LogP contribution in [0.25, 0.3) is 10.9 Å². The molecule has 0 atom stereocenters. The van der Waals surface area contributed by atoms with Crippen molar-refractivity contribution in [3.63, 3.8) is 0 Å². The van der Waals surface area contributed by atoms with Crippen LogP contribution in [0.5, 0.6) is 0 Å². The summed E-state index contributed by atoms with van der Waals surface area (Å²) in [7, 11) is 0. The Kier molecular flexibility index (Phi) is 3.79. The van der Waals surface area contributed by atoms with Crippen LogP contribution in [0.2, 0.25) is 0 Å². The van der Waals surface area contributed by atoms with Crippen LogP contribution in [0.3, 0.4) is 0 Å². The van der Waals surface area contributed by atoms with Crippen LogP contribution in [0.1, 0.15) is 17.3 Å². The maximum Gasteiger partial charge on any atom is 0.339 e. The van der Waals surface area contributed by atoms with Gasteiger partial charge in [0.15, 0.2) is 0 Å². The lowest BCUT2D eigenvalue weighted by molar-refractivity contribution is 0.0526. The molecule has 3 nitrogen and oxygen atoms in total. The van der Waals surface area contributed by atoms with Crippen molar-refractivity contribution in [3.05, 3.63) is 38.9 Å². The van der Waals surface area contributed by atoms with Gasteiger partial charge in [-0.25, -0.2) is 4.79 Å². The minimum atomic E-state index is -0.346. The van der Waals surface area contributed by atoms with E-state index in [0.717, 1.165) is 19.8 Å². The number of ether oxygens (including phenoxy) is 1. The Morgan fingerprint density at radius 1 is 1.29 bits per heavy atom. The Morgan fingerprint density at radius 2 is 2.00 bits per heavy atom. The van der Waals surface area contributed by atoms with Crippen LogP contribution in [0.15, 0.2) is 33.3 Å². The van der Waals surface area contributed by atoms with Gasteiger partial charge in [-0.3, -0.25) is 4.98 Å². The Balaban J connectivity index is 2.50. The van der Waals surface area contributed by atoms with E-state index in [9.17, 15) is 4.79 Å². The lowest BCUT2D eigenvalue weighted by Gasteiger charge is -2.04. The lowest BCUT2D eigenvalue weighted by atomic mass is 10.1. The second-order valence-corrected chi connectivity index (χ2v) is 5.11. The first-order chi connectivity index (χ1) is 8.11. The van der Waals surface area contributed by atoms with E-state index < -0.39 is 0 Å². The number of esters is 1. The number of benzene rings is 1. The van der Waals surface area contributed by atoms with E-state index in [1.807, 2.05) is 12.1 Å². The summed E-state index contributed by atoms with van der Waals surface area (Å²) in [6.07, 6.45) is 1.53. The van der Waals surface area contributed by atoms with E-state index >= 15 is 0 Å². The van der Waals surface area contributed by atoms with Gasteiger partial charge < -0.3 is 4.74 Å². The molecule has 0 radical (unpaired) electrons. The van der Waals surface area contributed by atoms with E-state index in [-0.39, 0.29) is 5.97 Å². The average molecular weight is 359 g/mol. The number of hydrogen-bond acceptors (Lipinski definition) is 3. The number of pyridine rings is 1. The fourth-order valence-corrected chi connectivity index (χ4v) is 2.14. The molecule has 17 heavy (non-hydrogen) atoms. The Morgan fingerprint density at radius 3 is 2.71 bits per heavy atom. The zero-order chi connectivity index (χ0) is 12.4. The molecule has 0 saturated heterocycles. The minimum Gasteiger partial charge on any atom is -0.462 e. The normalized spacial score (nSPS) is 10.5. The highest BCUT2D eigenvalue weighted by atomic mass is 79.9. The Bertz CT molecular complexity index is 584. The summed E-state index contributed by atoms with van der Waals surface area (Å²) in [5.74, 6) is -0.346. The van der Waals surface area contributed by atoms with Gasteiger partial charge in [-0.2, -0.15) is 0 Å². The largest absolute Gasteiger partial charge is 0.462 e. The van der Waals surface area contributed by atoms with Crippen molar-refractivity contribution in [1.29, 1.82) is 0 Å². The fraction of sp³-hybridized carbons (Fsp3) is 0.167. The quantitative estimate of drug-likeness (QED) is 0.763. The maximum atomic E-state index is 11.6. The number of fused-ring (bicyclic) bond motifs is 1. The molecule has 1 heterocycles. The van der Waals surface area contributed by atoms with Crippen molar-refractivity contribution in [2.75, 3.05) is 6.61 Å². The van der Waals surface area contributed by atoms with Gasteiger partial charge in [0, 0.05) is 20.5 Å². The lowest BCUT2D eigenvalue weighted by Crippen LogP contribution is -2.04. The summed E-state index contributed by atoms with van der Waals surface area (Å²) in [6, 6.07) is 5.58. The van der Waals surface area contributed by atoms with Gasteiger partial charge in [0.2, 0.25) is 0 Å². The number of rotatable bonds is 2. The summed E-state index contributed by atoms with van der Waals surface area (Å²) in [5.41, 5.74) is 1.29. The molecule has 0 aliphatic heterocycles. The van der Waals surface area contributed by atoms with Crippen molar-refractivity contribution in [2.24, 2.45) is 0 Å². The second kappa shape index (κ2) is 5.14. The first-order valence-electron chi connectivity index (χ1n) is 5.03. The van der Waals surface area contributed by atoms with Gasteiger partial charge in [0.25, 0.3) is 0 Å². The van der Waals surface area contributed by atoms with Gasteiger partial charge >= 0.3 is 5.97 Å². The van der Waals surface area contributed by atoms with Crippen LogP contribution in [0, 0.1) is 0 Å². The molecular formula is C12H9Br2NO2. The minimum absolute atomic E-state index is 0.346. The zero-order valence-corrected chi connectivity index (χ0v) is 12.2. The first kappa shape index (κ1) is 12.5. The topological polar surface area (TPSA) is 39.2 Å². The van der Waals surface area contributed by atoms with Gasteiger partial charge in [-0.15, -0.1) is 0 Å². The number of carbonyl (C=O) groups excluding carboxylic acids is 1.